The molecule has 1 fully saturated rings. The van der Waals surface area contributed by atoms with Crippen molar-refractivity contribution in [2.75, 3.05) is 12.4 Å². The molecule has 3 heterocycles. The van der Waals surface area contributed by atoms with Gasteiger partial charge in [-0.25, -0.2) is 4.68 Å². The van der Waals surface area contributed by atoms with E-state index in [2.05, 4.69) is 27.1 Å². The molecule has 3 rings (SSSR count). The van der Waals surface area contributed by atoms with E-state index in [0.29, 0.717) is 17.8 Å². The summed E-state index contributed by atoms with van der Waals surface area (Å²) in [5.41, 5.74) is 3.00. The van der Waals surface area contributed by atoms with Crippen molar-refractivity contribution < 1.29 is 17.7 Å². The summed E-state index contributed by atoms with van der Waals surface area (Å²) in [6, 6.07) is 1.87. The van der Waals surface area contributed by atoms with Crippen LogP contribution in [0.1, 0.15) is 36.8 Å². The quantitative estimate of drug-likeness (QED) is 0.613. The summed E-state index contributed by atoms with van der Waals surface area (Å²) in [6.07, 6.45) is 7.07. The molecule has 27 heavy (non-hydrogen) atoms. The highest BCUT2D eigenvalue weighted by Gasteiger charge is 2.16. The lowest BCUT2D eigenvalue weighted by Gasteiger charge is -2.21. The normalized spacial score (nSPS) is 17.3. The molecule has 1 aliphatic heterocycles. The Morgan fingerprint density at radius 2 is 2.26 bits per heavy atom. The van der Waals surface area contributed by atoms with Crippen LogP contribution in [0.2, 0.25) is 0 Å². The smallest absolute Gasteiger partial charge is 0.265 e. The molecule has 1 aliphatic rings. The molecule has 1 atom stereocenters. The third-order valence-corrected chi connectivity index (χ3v) is 4.96. The number of hydrogen-bond acceptors (Lipinski definition) is 6. The fourth-order valence-corrected chi connectivity index (χ4v) is 3.27. The molecular weight excluding hydrogens is 368 g/mol. The van der Waals surface area contributed by atoms with Crippen molar-refractivity contribution in [2.45, 2.75) is 45.3 Å². The van der Waals surface area contributed by atoms with Crippen LogP contribution in [0.3, 0.4) is 0 Å². The molecule has 0 spiro atoms. The molecule has 2 aromatic rings. The monoisotopic (exact) mass is 390 g/mol. The number of aromatic nitrogens is 4. The minimum Gasteiger partial charge on any atom is -0.376 e. The third kappa shape index (κ3) is 5.85. The summed E-state index contributed by atoms with van der Waals surface area (Å²) in [6.45, 7) is 3.40. The number of aryl methyl sites for hydroxylation is 1. The molecule has 0 aromatic carbocycles. The van der Waals surface area contributed by atoms with E-state index >= 15 is 0 Å². The number of ether oxygens (including phenoxy) is 1. The highest BCUT2D eigenvalue weighted by molar-refractivity contribution is 7.85. The average molecular weight is 390 g/mol. The van der Waals surface area contributed by atoms with Crippen molar-refractivity contribution in [3.63, 3.8) is 0 Å². The van der Waals surface area contributed by atoms with Gasteiger partial charge in [-0.1, -0.05) is 17.1 Å². The largest absolute Gasteiger partial charge is 0.376 e. The second kappa shape index (κ2) is 8.61. The Kier molecular flexibility index (Phi) is 6.21. The van der Waals surface area contributed by atoms with Gasteiger partial charge in [0.25, 0.3) is 10.1 Å². The fraction of sp³-hybridized carbons (Fsp3) is 0.500. The van der Waals surface area contributed by atoms with Gasteiger partial charge in [0.05, 0.1) is 30.3 Å². The predicted molar refractivity (Wildman–Crippen MR) is 99.5 cm³/mol. The van der Waals surface area contributed by atoms with Crippen molar-refractivity contribution in [3.05, 3.63) is 29.6 Å². The van der Waals surface area contributed by atoms with E-state index in [1.54, 1.807) is 10.9 Å². The maximum Gasteiger partial charge on any atom is 0.265 e. The van der Waals surface area contributed by atoms with Crippen LogP contribution in [0.4, 0.5) is 0 Å². The zero-order chi connectivity index (χ0) is 19.3. The molecule has 0 aliphatic carbocycles. The summed E-state index contributed by atoms with van der Waals surface area (Å²) in [5.74, 6) is 5.19. The zero-order valence-electron chi connectivity index (χ0n) is 15.1. The second-order valence-electron chi connectivity index (χ2n) is 6.54. The van der Waals surface area contributed by atoms with Gasteiger partial charge in [0.15, 0.2) is 0 Å². The lowest BCUT2D eigenvalue weighted by Crippen LogP contribution is -2.24. The first-order chi connectivity index (χ1) is 12.9. The van der Waals surface area contributed by atoms with Crippen molar-refractivity contribution in [3.8, 4) is 23.2 Å². The van der Waals surface area contributed by atoms with Gasteiger partial charge in [0.1, 0.15) is 5.69 Å². The van der Waals surface area contributed by atoms with Gasteiger partial charge in [-0.3, -0.25) is 9.54 Å². The standard InChI is InChI=1S/C18H22N4O4S/c1-14-10-15(6-3-5-9-27(23,24)25)11-19-18(14)17-13-22(21-20-17)12-16-7-2-4-8-26-16/h10-11,13,16H,2,4-5,7-9,12H2,1H3,(H,23,24,25). The lowest BCUT2D eigenvalue weighted by atomic mass is 10.1. The Labute approximate surface area is 158 Å². The molecule has 1 unspecified atom stereocenters. The topological polar surface area (TPSA) is 107 Å². The first kappa shape index (κ1) is 19.5. The third-order valence-electron chi connectivity index (χ3n) is 4.24. The number of pyridine rings is 1. The number of hydrogen-bond donors (Lipinski definition) is 1. The summed E-state index contributed by atoms with van der Waals surface area (Å²) >= 11 is 0. The van der Waals surface area contributed by atoms with Gasteiger partial charge >= 0.3 is 0 Å². The Hall–Kier alpha value is -2.28. The minimum atomic E-state index is -3.98. The highest BCUT2D eigenvalue weighted by Crippen LogP contribution is 2.20. The first-order valence-corrected chi connectivity index (χ1v) is 10.4. The van der Waals surface area contributed by atoms with Crippen molar-refractivity contribution >= 4 is 10.1 Å². The van der Waals surface area contributed by atoms with Crippen molar-refractivity contribution in [2.24, 2.45) is 0 Å². The Bertz CT molecular complexity index is 953. The SMILES string of the molecule is Cc1cc(C#CCCS(=O)(=O)O)cnc1-c1cn(CC2CCCCO2)nn1. The van der Waals surface area contributed by atoms with Crippen LogP contribution in [0.5, 0.6) is 0 Å². The number of nitrogens with zero attached hydrogens (tertiary/aromatic N) is 4. The van der Waals surface area contributed by atoms with E-state index in [4.69, 9.17) is 9.29 Å². The predicted octanol–water partition coefficient (Wildman–Crippen LogP) is 1.85. The van der Waals surface area contributed by atoms with Crippen LogP contribution in [-0.2, 0) is 21.4 Å². The van der Waals surface area contributed by atoms with E-state index in [1.807, 2.05) is 19.2 Å². The molecule has 1 saturated heterocycles. The van der Waals surface area contributed by atoms with Gasteiger partial charge in [-0.05, 0) is 37.8 Å². The maximum absolute atomic E-state index is 10.7. The maximum atomic E-state index is 10.7. The molecule has 0 amide bonds. The molecule has 8 nitrogen and oxygen atoms in total. The molecule has 1 N–H and O–H groups in total. The van der Waals surface area contributed by atoms with Gasteiger partial charge in [-0.15, -0.1) is 5.10 Å². The van der Waals surface area contributed by atoms with Crippen LogP contribution in [0.15, 0.2) is 18.5 Å². The van der Waals surface area contributed by atoms with Crippen LogP contribution < -0.4 is 0 Å². The van der Waals surface area contributed by atoms with Crippen LogP contribution in [-0.4, -0.2) is 51.4 Å². The summed E-state index contributed by atoms with van der Waals surface area (Å²) in [7, 11) is -3.98. The summed E-state index contributed by atoms with van der Waals surface area (Å²) in [4.78, 5) is 4.42. The highest BCUT2D eigenvalue weighted by atomic mass is 32.2. The summed E-state index contributed by atoms with van der Waals surface area (Å²) in [5, 5.41) is 8.38. The van der Waals surface area contributed by atoms with Gasteiger partial charge in [0.2, 0.25) is 0 Å². The molecule has 9 heteroatoms. The van der Waals surface area contributed by atoms with E-state index in [-0.39, 0.29) is 18.3 Å². The number of rotatable bonds is 5. The van der Waals surface area contributed by atoms with Crippen LogP contribution in [0, 0.1) is 18.8 Å². The average Bonchev–Trinajstić information content (AvgIpc) is 3.07. The Balaban J connectivity index is 1.66. The van der Waals surface area contributed by atoms with Gasteiger partial charge in [0, 0.05) is 24.8 Å². The van der Waals surface area contributed by atoms with Gasteiger partial charge < -0.3 is 4.74 Å². The van der Waals surface area contributed by atoms with Crippen LogP contribution >= 0.6 is 0 Å². The lowest BCUT2D eigenvalue weighted by molar-refractivity contribution is 0.00370. The van der Waals surface area contributed by atoms with E-state index in [1.165, 1.54) is 6.42 Å². The molecule has 2 aromatic heterocycles. The first-order valence-electron chi connectivity index (χ1n) is 8.83. The molecular formula is C18H22N4O4S. The summed E-state index contributed by atoms with van der Waals surface area (Å²) < 4.78 is 37.6. The minimum absolute atomic E-state index is 0.0667. The Morgan fingerprint density at radius 1 is 1.41 bits per heavy atom. The zero-order valence-corrected chi connectivity index (χ0v) is 15.9. The van der Waals surface area contributed by atoms with Crippen molar-refractivity contribution in [1.82, 2.24) is 20.0 Å². The molecule has 0 radical (unpaired) electrons. The van der Waals surface area contributed by atoms with Gasteiger partial charge in [-0.2, -0.15) is 8.42 Å². The molecule has 144 valence electrons. The van der Waals surface area contributed by atoms with E-state index in [0.717, 1.165) is 30.7 Å². The van der Waals surface area contributed by atoms with E-state index in [9.17, 15) is 8.42 Å². The van der Waals surface area contributed by atoms with Crippen molar-refractivity contribution in [1.29, 1.82) is 0 Å². The molecule has 0 saturated carbocycles. The molecule has 0 bridgehead atoms. The second-order valence-corrected chi connectivity index (χ2v) is 8.11. The van der Waals surface area contributed by atoms with Crippen LogP contribution in [0.25, 0.3) is 11.4 Å². The fourth-order valence-electron chi connectivity index (χ4n) is 2.91. The van der Waals surface area contributed by atoms with E-state index < -0.39 is 10.1 Å². The Morgan fingerprint density at radius 3 is 2.96 bits per heavy atom.